The molecule has 0 bridgehead atoms. The first-order chi connectivity index (χ1) is 8.89. The fourth-order valence-corrected chi connectivity index (χ4v) is 2.76. The second-order valence-electron chi connectivity index (χ2n) is 4.27. The van der Waals surface area contributed by atoms with Crippen LogP contribution in [0.1, 0.15) is 24.2 Å². The van der Waals surface area contributed by atoms with Gasteiger partial charge in [-0.05, 0) is 19.1 Å². The average molecular weight is 285 g/mol. The van der Waals surface area contributed by atoms with Gasteiger partial charge in [-0.1, -0.05) is 19.1 Å². The van der Waals surface area contributed by atoms with Gasteiger partial charge in [0.25, 0.3) is 5.91 Å². The second-order valence-corrected chi connectivity index (χ2v) is 6.67. The molecule has 6 heteroatoms. The fourth-order valence-electron chi connectivity index (χ4n) is 1.67. The molecule has 1 unspecified atom stereocenters. The molecule has 0 aliphatic heterocycles. The minimum absolute atomic E-state index is 0.0651. The smallest absolute Gasteiger partial charge is 0.255 e. The van der Waals surface area contributed by atoms with Gasteiger partial charge in [0.1, 0.15) is 5.75 Å². The van der Waals surface area contributed by atoms with E-state index in [4.69, 9.17) is 4.74 Å². The minimum Gasteiger partial charge on any atom is -0.496 e. The van der Waals surface area contributed by atoms with E-state index in [-0.39, 0.29) is 17.4 Å². The second kappa shape index (κ2) is 6.56. The summed E-state index contributed by atoms with van der Waals surface area (Å²) in [5, 5.41) is 2.66. The third-order valence-electron chi connectivity index (χ3n) is 2.67. The van der Waals surface area contributed by atoms with Crippen molar-refractivity contribution in [2.45, 2.75) is 19.9 Å². The monoisotopic (exact) mass is 285 g/mol. The molecule has 19 heavy (non-hydrogen) atoms. The van der Waals surface area contributed by atoms with E-state index in [1.54, 1.807) is 38.1 Å². The molecule has 0 spiro atoms. The molecule has 1 atom stereocenters. The molecule has 1 rings (SSSR count). The van der Waals surface area contributed by atoms with Gasteiger partial charge >= 0.3 is 0 Å². The highest BCUT2D eigenvalue weighted by Crippen LogP contribution is 2.17. The standard InChI is InChI=1S/C13H19NO4S/c1-4-19(16,17)9-10(2)14-13(15)11-7-5-6-8-12(11)18-3/h5-8,10H,4,9H2,1-3H3,(H,14,15). The first-order valence-corrected chi connectivity index (χ1v) is 7.86. The van der Waals surface area contributed by atoms with Crippen molar-refractivity contribution in [3.63, 3.8) is 0 Å². The third kappa shape index (κ3) is 4.55. The van der Waals surface area contributed by atoms with Crippen LogP contribution < -0.4 is 10.1 Å². The van der Waals surface area contributed by atoms with Gasteiger partial charge in [-0.15, -0.1) is 0 Å². The Balaban J connectivity index is 2.75. The Morgan fingerprint density at radius 1 is 1.37 bits per heavy atom. The van der Waals surface area contributed by atoms with Crippen LogP contribution in [0.5, 0.6) is 5.75 Å². The lowest BCUT2D eigenvalue weighted by atomic mass is 10.2. The lowest BCUT2D eigenvalue weighted by Crippen LogP contribution is -2.38. The molecule has 0 heterocycles. The number of ether oxygens (including phenoxy) is 1. The van der Waals surface area contributed by atoms with Crippen LogP contribution in [-0.4, -0.2) is 39.0 Å². The normalized spacial score (nSPS) is 12.8. The number of hydrogen-bond donors (Lipinski definition) is 1. The van der Waals surface area contributed by atoms with E-state index in [9.17, 15) is 13.2 Å². The molecular weight excluding hydrogens is 266 g/mol. The van der Waals surface area contributed by atoms with E-state index in [0.717, 1.165) is 0 Å². The predicted molar refractivity (Wildman–Crippen MR) is 74.3 cm³/mol. The van der Waals surface area contributed by atoms with Crippen LogP contribution in [0.4, 0.5) is 0 Å². The Hall–Kier alpha value is -1.56. The maximum absolute atomic E-state index is 12.0. The van der Waals surface area contributed by atoms with Crippen molar-refractivity contribution in [3.05, 3.63) is 29.8 Å². The van der Waals surface area contributed by atoms with Gasteiger partial charge in [-0.3, -0.25) is 4.79 Å². The largest absolute Gasteiger partial charge is 0.496 e. The Morgan fingerprint density at radius 2 is 2.00 bits per heavy atom. The number of carbonyl (C=O) groups excluding carboxylic acids is 1. The molecule has 1 N–H and O–H groups in total. The zero-order chi connectivity index (χ0) is 14.5. The molecule has 0 fully saturated rings. The SMILES string of the molecule is CCS(=O)(=O)CC(C)NC(=O)c1ccccc1OC. The minimum atomic E-state index is -3.11. The summed E-state index contributed by atoms with van der Waals surface area (Å²) in [6, 6.07) is 6.37. The van der Waals surface area contributed by atoms with Crippen molar-refractivity contribution < 1.29 is 17.9 Å². The lowest BCUT2D eigenvalue weighted by Gasteiger charge is -2.15. The summed E-state index contributed by atoms with van der Waals surface area (Å²) in [6.07, 6.45) is 0. The third-order valence-corrected chi connectivity index (χ3v) is 4.56. The Morgan fingerprint density at radius 3 is 2.58 bits per heavy atom. The highest BCUT2D eigenvalue weighted by molar-refractivity contribution is 7.91. The molecule has 0 aliphatic carbocycles. The van der Waals surface area contributed by atoms with Crippen LogP contribution >= 0.6 is 0 Å². The number of rotatable bonds is 6. The van der Waals surface area contributed by atoms with E-state index < -0.39 is 15.9 Å². The Bertz CT molecular complexity index is 539. The van der Waals surface area contributed by atoms with Crippen LogP contribution in [0.15, 0.2) is 24.3 Å². The maximum Gasteiger partial charge on any atom is 0.255 e. The van der Waals surface area contributed by atoms with E-state index >= 15 is 0 Å². The molecule has 0 radical (unpaired) electrons. The Labute approximate surface area is 113 Å². The van der Waals surface area contributed by atoms with Crippen LogP contribution in [0.3, 0.4) is 0 Å². The zero-order valence-electron chi connectivity index (χ0n) is 11.3. The van der Waals surface area contributed by atoms with Gasteiger partial charge in [0.15, 0.2) is 9.84 Å². The maximum atomic E-state index is 12.0. The van der Waals surface area contributed by atoms with Crippen molar-refractivity contribution in [3.8, 4) is 5.75 Å². The molecular formula is C13H19NO4S. The summed E-state index contributed by atoms with van der Waals surface area (Å²) in [7, 11) is -1.62. The van der Waals surface area contributed by atoms with E-state index in [2.05, 4.69) is 5.32 Å². The number of hydrogen-bond acceptors (Lipinski definition) is 4. The van der Waals surface area contributed by atoms with Crippen molar-refractivity contribution >= 4 is 15.7 Å². The van der Waals surface area contributed by atoms with Gasteiger partial charge in [-0.2, -0.15) is 0 Å². The summed E-state index contributed by atoms with van der Waals surface area (Å²) < 4.78 is 28.0. The molecule has 0 aliphatic rings. The first kappa shape index (κ1) is 15.5. The fraction of sp³-hybridized carbons (Fsp3) is 0.462. The number of benzene rings is 1. The number of carbonyl (C=O) groups is 1. The predicted octanol–water partition coefficient (Wildman–Crippen LogP) is 1.25. The van der Waals surface area contributed by atoms with E-state index in [1.165, 1.54) is 7.11 Å². The topological polar surface area (TPSA) is 72.5 Å². The summed E-state index contributed by atoms with van der Waals surface area (Å²) in [5.74, 6) is 0.133. The van der Waals surface area contributed by atoms with Crippen LogP contribution in [0, 0.1) is 0 Å². The summed E-state index contributed by atoms with van der Waals surface area (Å²) >= 11 is 0. The summed E-state index contributed by atoms with van der Waals surface area (Å²) in [5.41, 5.74) is 0.394. The highest BCUT2D eigenvalue weighted by atomic mass is 32.2. The summed E-state index contributed by atoms with van der Waals surface area (Å²) in [6.45, 7) is 3.25. The van der Waals surface area contributed by atoms with Crippen molar-refractivity contribution in [1.29, 1.82) is 0 Å². The Kier molecular flexibility index (Phi) is 5.35. The average Bonchev–Trinajstić information content (AvgIpc) is 2.37. The van der Waals surface area contributed by atoms with Crippen molar-refractivity contribution in [1.82, 2.24) is 5.32 Å². The number of nitrogens with one attached hydrogen (secondary N) is 1. The van der Waals surface area contributed by atoms with Gasteiger partial charge in [0, 0.05) is 11.8 Å². The number of para-hydroxylation sites is 1. The van der Waals surface area contributed by atoms with Gasteiger partial charge in [0.2, 0.25) is 0 Å². The van der Waals surface area contributed by atoms with Gasteiger partial charge < -0.3 is 10.1 Å². The molecule has 5 nitrogen and oxygen atoms in total. The quantitative estimate of drug-likeness (QED) is 0.853. The summed E-state index contributed by atoms with van der Waals surface area (Å²) in [4.78, 5) is 12.0. The van der Waals surface area contributed by atoms with Crippen LogP contribution in [0.25, 0.3) is 0 Å². The molecule has 1 amide bonds. The molecule has 0 saturated carbocycles. The molecule has 1 aromatic rings. The number of sulfone groups is 1. The molecule has 1 aromatic carbocycles. The number of methoxy groups -OCH3 is 1. The molecule has 0 aromatic heterocycles. The van der Waals surface area contributed by atoms with Gasteiger partial charge in [0.05, 0.1) is 18.4 Å². The van der Waals surface area contributed by atoms with Gasteiger partial charge in [-0.25, -0.2) is 8.42 Å². The van der Waals surface area contributed by atoms with Crippen molar-refractivity contribution in [2.24, 2.45) is 0 Å². The van der Waals surface area contributed by atoms with E-state index in [0.29, 0.717) is 11.3 Å². The zero-order valence-corrected chi connectivity index (χ0v) is 12.2. The van der Waals surface area contributed by atoms with Crippen molar-refractivity contribution in [2.75, 3.05) is 18.6 Å². The highest BCUT2D eigenvalue weighted by Gasteiger charge is 2.18. The van der Waals surface area contributed by atoms with Crippen LogP contribution in [-0.2, 0) is 9.84 Å². The first-order valence-electron chi connectivity index (χ1n) is 6.04. The molecule has 106 valence electrons. The van der Waals surface area contributed by atoms with Crippen LogP contribution in [0.2, 0.25) is 0 Å². The van der Waals surface area contributed by atoms with E-state index in [1.807, 2.05) is 0 Å². The number of amides is 1. The molecule has 0 saturated heterocycles. The lowest BCUT2D eigenvalue weighted by molar-refractivity contribution is 0.0940.